The van der Waals surface area contributed by atoms with E-state index in [4.69, 9.17) is 9.47 Å². The summed E-state index contributed by atoms with van der Waals surface area (Å²) in [6, 6.07) is 21.3. The van der Waals surface area contributed by atoms with E-state index >= 15 is 0 Å². The molecule has 0 saturated carbocycles. The molecule has 3 aromatic rings. The highest BCUT2D eigenvalue weighted by atomic mass is 16.6. The Hall–Kier alpha value is -4.04. The molecule has 0 heterocycles. The number of nitro benzene ring substituents is 1. The topological polar surface area (TPSA) is 108 Å². The summed E-state index contributed by atoms with van der Waals surface area (Å²) in [6.07, 6.45) is -0.624. The number of ether oxygens (including phenoxy) is 2. The molecule has 1 N–H and O–H groups in total. The van der Waals surface area contributed by atoms with Crippen LogP contribution in [0.1, 0.15) is 22.8 Å². The lowest BCUT2D eigenvalue weighted by atomic mass is 10.0. The van der Waals surface area contributed by atoms with E-state index in [1.807, 2.05) is 54.6 Å². The van der Waals surface area contributed by atoms with Gasteiger partial charge < -0.3 is 14.8 Å². The van der Waals surface area contributed by atoms with Crippen molar-refractivity contribution in [1.29, 1.82) is 0 Å². The van der Waals surface area contributed by atoms with Crippen molar-refractivity contribution in [2.45, 2.75) is 19.4 Å². The van der Waals surface area contributed by atoms with Crippen LogP contribution in [-0.2, 0) is 20.7 Å². The van der Waals surface area contributed by atoms with Gasteiger partial charge in [0, 0.05) is 19.6 Å². The minimum atomic E-state index is -0.890. The highest BCUT2D eigenvalue weighted by Gasteiger charge is 2.24. The average Bonchev–Trinajstić information content (AvgIpc) is 2.83. The SMILES string of the molecule is CCOC(=O)c1ccc([N+](=O)[O-])c(NC(=O)C(Cc2ccc(-c3ccccc3)cc2)OC)c1. The second kappa shape index (κ2) is 11.0. The van der Waals surface area contributed by atoms with E-state index in [9.17, 15) is 19.7 Å². The van der Waals surface area contributed by atoms with E-state index < -0.39 is 22.9 Å². The molecule has 1 unspecified atom stereocenters. The molecule has 1 amide bonds. The van der Waals surface area contributed by atoms with Crippen LogP contribution in [0, 0.1) is 10.1 Å². The molecule has 0 aliphatic rings. The summed E-state index contributed by atoms with van der Waals surface area (Å²) in [5, 5.41) is 13.9. The maximum absolute atomic E-state index is 12.8. The van der Waals surface area contributed by atoms with Crippen LogP contribution in [0.25, 0.3) is 11.1 Å². The van der Waals surface area contributed by atoms with Gasteiger partial charge in [0.1, 0.15) is 11.8 Å². The number of esters is 1. The highest BCUT2D eigenvalue weighted by Crippen LogP contribution is 2.27. The number of nitrogens with zero attached hydrogens (tertiary/aromatic N) is 1. The lowest BCUT2D eigenvalue weighted by Gasteiger charge is -2.16. The summed E-state index contributed by atoms with van der Waals surface area (Å²) >= 11 is 0. The van der Waals surface area contributed by atoms with E-state index in [-0.39, 0.29) is 30.0 Å². The number of carbonyl (C=O) groups is 2. The summed E-state index contributed by atoms with van der Waals surface area (Å²) in [6.45, 7) is 1.81. The Balaban J connectivity index is 1.76. The molecule has 8 nitrogen and oxygen atoms in total. The van der Waals surface area contributed by atoms with Crippen LogP contribution in [0.5, 0.6) is 0 Å². The van der Waals surface area contributed by atoms with E-state index in [0.29, 0.717) is 0 Å². The minimum absolute atomic E-state index is 0.1000. The third-order valence-electron chi connectivity index (χ3n) is 5.02. The number of rotatable bonds is 9. The predicted molar refractivity (Wildman–Crippen MR) is 124 cm³/mol. The first-order valence-corrected chi connectivity index (χ1v) is 10.4. The van der Waals surface area contributed by atoms with Gasteiger partial charge >= 0.3 is 5.97 Å². The van der Waals surface area contributed by atoms with Crippen LogP contribution >= 0.6 is 0 Å². The van der Waals surface area contributed by atoms with Gasteiger partial charge in [-0.05, 0) is 35.7 Å². The van der Waals surface area contributed by atoms with Crippen molar-refractivity contribution in [3.63, 3.8) is 0 Å². The fourth-order valence-corrected chi connectivity index (χ4v) is 3.31. The number of carbonyl (C=O) groups excluding carboxylic acids is 2. The van der Waals surface area contributed by atoms with Crippen molar-refractivity contribution in [2.75, 3.05) is 19.0 Å². The van der Waals surface area contributed by atoms with Crippen LogP contribution < -0.4 is 5.32 Å². The Bertz CT molecular complexity index is 1130. The van der Waals surface area contributed by atoms with Crippen molar-refractivity contribution in [3.05, 3.63) is 94.0 Å². The summed E-state index contributed by atoms with van der Waals surface area (Å²) < 4.78 is 10.3. The summed E-state index contributed by atoms with van der Waals surface area (Å²) in [7, 11) is 1.39. The molecule has 0 aromatic heterocycles. The van der Waals surface area contributed by atoms with Crippen LogP contribution in [0.15, 0.2) is 72.8 Å². The molecular weight excluding hydrogens is 424 g/mol. The molecular formula is C25H24N2O6. The molecule has 0 spiro atoms. The molecule has 0 fully saturated rings. The first-order chi connectivity index (χ1) is 15.9. The summed E-state index contributed by atoms with van der Waals surface area (Å²) in [5.74, 6) is -1.20. The van der Waals surface area contributed by atoms with Crippen molar-refractivity contribution in [1.82, 2.24) is 0 Å². The zero-order chi connectivity index (χ0) is 23.8. The van der Waals surface area contributed by atoms with Gasteiger partial charge in [0.15, 0.2) is 0 Å². The van der Waals surface area contributed by atoms with Gasteiger partial charge in [-0.3, -0.25) is 14.9 Å². The molecule has 8 heteroatoms. The quantitative estimate of drug-likeness (QED) is 0.290. The van der Waals surface area contributed by atoms with Crippen LogP contribution in [0.4, 0.5) is 11.4 Å². The van der Waals surface area contributed by atoms with Gasteiger partial charge in [-0.2, -0.15) is 0 Å². The zero-order valence-electron chi connectivity index (χ0n) is 18.3. The molecule has 170 valence electrons. The lowest BCUT2D eigenvalue weighted by Crippen LogP contribution is -2.31. The molecule has 1 atom stereocenters. The molecule has 3 aromatic carbocycles. The first kappa shape index (κ1) is 23.6. The molecule has 0 saturated heterocycles. The Morgan fingerprint density at radius 3 is 2.27 bits per heavy atom. The molecule has 0 bridgehead atoms. The van der Waals surface area contributed by atoms with E-state index in [1.54, 1.807) is 6.92 Å². The molecule has 0 aliphatic carbocycles. The number of methoxy groups -OCH3 is 1. The number of benzene rings is 3. The highest BCUT2D eigenvalue weighted by molar-refractivity contribution is 5.98. The normalized spacial score (nSPS) is 11.5. The Labute approximate surface area is 191 Å². The second-order valence-corrected chi connectivity index (χ2v) is 7.19. The predicted octanol–water partition coefficient (Wildman–Crippen LogP) is 4.63. The van der Waals surface area contributed by atoms with Gasteiger partial charge in [-0.15, -0.1) is 0 Å². The van der Waals surface area contributed by atoms with E-state index in [2.05, 4.69) is 5.32 Å². The van der Waals surface area contributed by atoms with Gasteiger partial charge in [0.05, 0.1) is 17.1 Å². The van der Waals surface area contributed by atoms with Crippen molar-refractivity contribution in [3.8, 4) is 11.1 Å². The van der Waals surface area contributed by atoms with Crippen LogP contribution in [0.3, 0.4) is 0 Å². The number of anilines is 1. The average molecular weight is 448 g/mol. The third kappa shape index (κ3) is 6.02. The van der Waals surface area contributed by atoms with Crippen molar-refractivity contribution < 1.29 is 24.0 Å². The standard InChI is InChI=1S/C25H24N2O6/c1-3-33-25(29)20-13-14-22(27(30)31)21(16-20)26-24(28)23(32-2)15-17-9-11-19(12-10-17)18-7-5-4-6-8-18/h4-14,16,23H,3,15H2,1-2H3,(H,26,28). The first-order valence-electron chi connectivity index (χ1n) is 10.4. The number of amides is 1. The molecule has 0 radical (unpaired) electrons. The van der Waals surface area contributed by atoms with Gasteiger partial charge in [0.2, 0.25) is 0 Å². The summed E-state index contributed by atoms with van der Waals surface area (Å²) in [4.78, 5) is 35.6. The summed E-state index contributed by atoms with van der Waals surface area (Å²) in [5.41, 5.74) is 2.66. The van der Waals surface area contributed by atoms with Crippen LogP contribution in [-0.4, -0.2) is 36.6 Å². The van der Waals surface area contributed by atoms with E-state index in [0.717, 1.165) is 22.8 Å². The third-order valence-corrected chi connectivity index (χ3v) is 5.02. The van der Waals surface area contributed by atoms with Crippen LogP contribution in [0.2, 0.25) is 0 Å². The molecule has 33 heavy (non-hydrogen) atoms. The fourth-order valence-electron chi connectivity index (χ4n) is 3.31. The number of hydrogen-bond acceptors (Lipinski definition) is 6. The largest absolute Gasteiger partial charge is 0.462 e. The van der Waals surface area contributed by atoms with Gasteiger partial charge in [0.25, 0.3) is 11.6 Å². The minimum Gasteiger partial charge on any atom is -0.462 e. The van der Waals surface area contributed by atoms with Gasteiger partial charge in [-0.25, -0.2) is 4.79 Å². The molecule has 3 rings (SSSR count). The maximum atomic E-state index is 12.8. The number of nitrogens with one attached hydrogen (secondary N) is 1. The van der Waals surface area contributed by atoms with Crippen molar-refractivity contribution in [2.24, 2.45) is 0 Å². The van der Waals surface area contributed by atoms with Crippen molar-refractivity contribution >= 4 is 23.3 Å². The number of hydrogen-bond donors (Lipinski definition) is 1. The smallest absolute Gasteiger partial charge is 0.338 e. The second-order valence-electron chi connectivity index (χ2n) is 7.19. The molecule has 0 aliphatic heterocycles. The Kier molecular flexibility index (Phi) is 7.88. The maximum Gasteiger partial charge on any atom is 0.338 e. The fraction of sp³-hybridized carbons (Fsp3) is 0.200. The monoisotopic (exact) mass is 448 g/mol. The Morgan fingerprint density at radius 1 is 1.00 bits per heavy atom. The Morgan fingerprint density at radius 2 is 1.67 bits per heavy atom. The zero-order valence-corrected chi connectivity index (χ0v) is 18.3. The lowest BCUT2D eigenvalue weighted by molar-refractivity contribution is -0.383. The van der Waals surface area contributed by atoms with Gasteiger partial charge in [-0.1, -0.05) is 54.6 Å². The number of nitro groups is 1. The van der Waals surface area contributed by atoms with E-state index in [1.165, 1.54) is 19.2 Å².